The molecule has 0 amide bonds. The Morgan fingerprint density at radius 3 is 1.92 bits per heavy atom. The van der Waals surface area contributed by atoms with Crippen molar-refractivity contribution in [1.29, 1.82) is 0 Å². The number of H-pyrrole nitrogens is 1. The molecule has 0 unspecified atom stereocenters. The normalized spacial score (nSPS) is 10.9. The number of aromatic amines is 1. The summed E-state index contributed by atoms with van der Waals surface area (Å²) in [5.41, 5.74) is 18.7. The van der Waals surface area contributed by atoms with Crippen LogP contribution in [0, 0.1) is 0 Å². The number of nitrogens with zero attached hydrogens (tertiary/aromatic N) is 2. The van der Waals surface area contributed by atoms with Gasteiger partial charge in [0, 0.05) is 30.2 Å². The number of aromatic nitrogens is 2. The van der Waals surface area contributed by atoms with Crippen LogP contribution in [0.4, 0.5) is 17.1 Å². The molecule has 5 nitrogen and oxygen atoms in total. The van der Waals surface area contributed by atoms with Gasteiger partial charge < -0.3 is 21.4 Å². The standard InChI is InChI=1S/C21H21N5/c22-17-5-1-15(2-6-17)12-26(13-16-3-7-18(23)8-4-16)19-9-10-20-21(11-19)25-14-24-20/h1-11,14H,12-13,22-23H2,(H,24,25). The van der Waals surface area contributed by atoms with Crippen LogP contribution in [0.15, 0.2) is 73.1 Å². The van der Waals surface area contributed by atoms with E-state index in [1.165, 1.54) is 11.1 Å². The van der Waals surface area contributed by atoms with Crippen LogP contribution < -0.4 is 16.4 Å². The molecule has 0 atom stereocenters. The van der Waals surface area contributed by atoms with E-state index in [-0.39, 0.29) is 0 Å². The molecule has 26 heavy (non-hydrogen) atoms. The Bertz CT molecular complexity index is 955. The van der Waals surface area contributed by atoms with E-state index in [4.69, 9.17) is 11.5 Å². The number of rotatable bonds is 5. The highest BCUT2D eigenvalue weighted by Gasteiger charge is 2.10. The van der Waals surface area contributed by atoms with Crippen molar-refractivity contribution >= 4 is 28.1 Å². The molecule has 0 radical (unpaired) electrons. The Hall–Kier alpha value is -3.47. The van der Waals surface area contributed by atoms with Crippen LogP contribution in [0.5, 0.6) is 0 Å². The van der Waals surface area contributed by atoms with Gasteiger partial charge in [-0.15, -0.1) is 0 Å². The highest BCUT2D eigenvalue weighted by atomic mass is 15.1. The third-order valence-corrected chi connectivity index (χ3v) is 4.48. The topological polar surface area (TPSA) is 84.0 Å². The highest BCUT2D eigenvalue weighted by Crippen LogP contribution is 2.24. The minimum Gasteiger partial charge on any atom is -0.399 e. The molecule has 0 bridgehead atoms. The summed E-state index contributed by atoms with van der Waals surface area (Å²) in [7, 11) is 0. The molecule has 1 heterocycles. The fraction of sp³-hybridized carbons (Fsp3) is 0.0952. The Morgan fingerprint density at radius 1 is 0.769 bits per heavy atom. The van der Waals surface area contributed by atoms with E-state index < -0.39 is 0 Å². The van der Waals surface area contributed by atoms with E-state index >= 15 is 0 Å². The van der Waals surface area contributed by atoms with Gasteiger partial charge in [0.1, 0.15) is 0 Å². The van der Waals surface area contributed by atoms with Crippen LogP contribution >= 0.6 is 0 Å². The molecule has 3 aromatic carbocycles. The Labute approximate surface area is 152 Å². The lowest BCUT2D eigenvalue weighted by Gasteiger charge is -2.25. The van der Waals surface area contributed by atoms with E-state index in [1.54, 1.807) is 6.33 Å². The summed E-state index contributed by atoms with van der Waals surface area (Å²) in [4.78, 5) is 9.85. The summed E-state index contributed by atoms with van der Waals surface area (Å²) >= 11 is 0. The van der Waals surface area contributed by atoms with Gasteiger partial charge in [-0.05, 0) is 53.6 Å². The number of nitrogens with one attached hydrogen (secondary N) is 1. The fourth-order valence-corrected chi connectivity index (χ4v) is 3.04. The summed E-state index contributed by atoms with van der Waals surface area (Å²) in [6.07, 6.45) is 1.72. The van der Waals surface area contributed by atoms with Gasteiger partial charge in [0.25, 0.3) is 0 Å². The van der Waals surface area contributed by atoms with Gasteiger partial charge in [0.2, 0.25) is 0 Å². The molecule has 1 aromatic heterocycles. The predicted molar refractivity (Wildman–Crippen MR) is 108 cm³/mol. The van der Waals surface area contributed by atoms with E-state index in [1.807, 2.05) is 24.3 Å². The molecule has 0 aliphatic carbocycles. The number of fused-ring (bicyclic) bond motifs is 1. The molecule has 0 fully saturated rings. The number of hydrogen-bond acceptors (Lipinski definition) is 4. The number of anilines is 3. The molecular weight excluding hydrogens is 322 g/mol. The molecule has 0 aliphatic rings. The third kappa shape index (κ3) is 3.47. The SMILES string of the molecule is Nc1ccc(CN(Cc2ccc(N)cc2)c2ccc3[nH]cnc3c2)cc1. The van der Waals surface area contributed by atoms with Gasteiger partial charge in [-0.2, -0.15) is 0 Å². The quantitative estimate of drug-likeness (QED) is 0.479. The van der Waals surface area contributed by atoms with Crippen molar-refractivity contribution in [2.75, 3.05) is 16.4 Å². The average Bonchev–Trinajstić information content (AvgIpc) is 3.12. The van der Waals surface area contributed by atoms with Gasteiger partial charge in [-0.3, -0.25) is 0 Å². The number of nitrogens with two attached hydrogens (primary N) is 2. The first-order valence-electron chi connectivity index (χ1n) is 8.54. The smallest absolute Gasteiger partial charge is 0.0931 e. The van der Waals surface area contributed by atoms with E-state index in [0.29, 0.717) is 0 Å². The van der Waals surface area contributed by atoms with Gasteiger partial charge >= 0.3 is 0 Å². The lowest BCUT2D eigenvalue weighted by atomic mass is 10.1. The van der Waals surface area contributed by atoms with Crippen molar-refractivity contribution in [2.24, 2.45) is 0 Å². The molecule has 0 aliphatic heterocycles. The van der Waals surface area contributed by atoms with E-state index in [2.05, 4.69) is 57.3 Å². The van der Waals surface area contributed by atoms with Crippen LogP contribution in [0.25, 0.3) is 11.0 Å². The minimum atomic E-state index is 0.775. The Balaban J connectivity index is 1.67. The van der Waals surface area contributed by atoms with Crippen molar-refractivity contribution in [3.8, 4) is 0 Å². The maximum atomic E-state index is 5.82. The molecular formula is C21H21N5. The summed E-state index contributed by atoms with van der Waals surface area (Å²) < 4.78 is 0. The van der Waals surface area contributed by atoms with Gasteiger partial charge in [-0.1, -0.05) is 24.3 Å². The number of imidazole rings is 1. The maximum absolute atomic E-state index is 5.82. The van der Waals surface area contributed by atoms with Gasteiger partial charge in [-0.25, -0.2) is 4.98 Å². The molecule has 4 aromatic rings. The molecule has 0 saturated carbocycles. The largest absolute Gasteiger partial charge is 0.399 e. The van der Waals surface area contributed by atoms with E-state index in [0.717, 1.165) is 41.2 Å². The van der Waals surface area contributed by atoms with Crippen LogP contribution in [-0.2, 0) is 13.1 Å². The zero-order chi connectivity index (χ0) is 17.9. The average molecular weight is 343 g/mol. The van der Waals surface area contributed by atoms with Crippen molar-refractivity contribution < 1.29 is 0 Å². The summed E-state index contributed by atoms with van der Waals surface area (Å²) in [6, 6.07) is 22.3. The minimum absolute atomic E-state index is 0.775. The van der Waals surface area contributed by atoms with Crippen molar-refractivity contribution in [1.82, 2.24) is 9.97 Å². The summed E-state index contributed by atoms with van der Waals surface area (Å²) in [5.74, 6) is 0. The van der Waals surface area contributed by atoms with Gasteiger partial charge in [0.05, 0.1) is 17.4 Å². The molecule has 130 valence electrons. The maximum Gasteiger partial charge on any atom is 0.0931 e. The molecule has 4 rings (SSSR count). The molecule has 5 heteroatoms. The summed E-state index contributed by atoms with van der Waals surface area (Å²) in [5, 5.41) is 0. The van der Waals surface area contributed by atoms with Gasteiger partial charge in [0.15, 0.2) is 0 Å². The van der Waals surface area contributed by atoms with Crippen LogP contribution in [-0.4, -0.2) is 9.97 Å². The predicted octanol–water partition coefficient (Wildman–Crippen LogP) is 3.93. The number of hydrogen-bond donors (Lipinski definition) is 3. The van der Waals surface area contributed by atoms with Crippen molar-refractivity contribution in [2.45, 2.75) is 13.1 Å². The van der Waals surface area contributed by atoms with Crippen LogP contribution in [0.2, 0.25) is 0 Å². The number of nitrogen functional groups attached to an aromatic ring is 2. The van der Waals surface area contributed by atoms with E-state index in [9.17, 15) is 0 Å². The van der Waals surface area contributed by atoms with Crippen LogP contribution in [0.3, 0.4) is 0 Å². The first-order valence-corrected chi connectivity index (χ1v) is 8.54. The Morgan fingerprint density at radius 2 is 1.35 bits per heavy atom. The summed E-state index contributed by atoms with van der Waals surface area (Å²) in [6.45, 7) is 1.56. The molecule has 0 saturated heterocycles. The van der Waals surface area contributed by atoms with Crippen molar-refractivity contribution in [3.63, 3.8) is 0 Å². The zero-order valence-electron chi connectivity index (χ0n) is 14.4. The zero-order valence-corrected chi connectivity index (χ0v) is 14.4. The molecule has 0 spiro atoms. The first-order chi connectivity index (χ1) is 12.7. The van der Waals surface area contributed by atoms with Crippen LogP contribution in [0.1, 0.15) is 11.1 Å². The first kappa shape index (κ1) is 16.0. The third-order valence-electron chi connectivity index (χ3n) is 4.48. The fourth-order valence-electron chi connectivity index (χ4n) is 3.04. The lowest BCUT2D eigenvalue weighted by molar-refractivity contribution is 0.801. The molecule has 5 N–H and O–H groups in total. The second-order valence-electron chi connectivity index (χ2n) is 6.44. The second-order valence-corrected chi connectivity index (χ2v) is 6.44. The van der Waals surface area contributed by atoms with Crippen molar-refractivity contribution in [3.05, 3.63) is 84.2 Å². The number of benzene rings is 3. The Kier molecular flexibility index (Phi) is 4.19. The second kappa shape index (κ2) is 6.80. The lowest BCUT2D eigenvalue weighted by Crippen LogP contribution is -2.22. The monoisotopic (exact) mass is 343 g/mol. The highest BCUT2D eigenvalue weighted by molar-refractivity contribution is 5.79.